The molecule has 1 N–H and O–H groups in total. The predicted molar refractivity (Wildman–Crippen MR) is 91.1 cm³/mol. The Labute approximate surface area is 147 Å². The van der Waals surface area contributed by atoms with Crippen LogP contribution in [0.25, 0.3) is 0 Å². The van der Waals surface area contributed by atoms with E-state index in [2.05, 4.69) is 14.9 Å². The minimum atomic E-state index is -0.766. The Balaban J connectivity index is 1.67. The van der Waals surface area contributed by atoms with Gasteiger partial charge in [-0.3, -0.25) is 14.7 Å². The third kappa shape index (κ3) is 3.48. The molecule has 1 aromatic heterocycles. The van der Waals surface area contributed by atoms with E-state index < -0.39 is 17.5 Å². The van der Waals surface area contributed by atoms with Gasteiger partial charge in [0.1, 0.15) is 11.4 Å². The summed E-state index contributed by atoms with van der Waals surface area (Å²) < 4.78 is 10.2. The summed E-state index contributed by atoms with van der Waals surface area (Å²) in [6, 6.07) is 9.28. The molecule has 0 spiro atoms. The van der Waals surface area contributed by atoms with Gasteiger partial charge in [0.2, 0.25) is 11.6 Å². The van der Waals surface area contributed by atoms with E-state index in [1.165, 1.54) is 24.9 Å². The molecule has 1 aromatic carbocycles. The van der Waals surface area contributed by atoms with Gasteiger partial charge in [0.15, 0.2) is 5.69 Å². The summed E-state index contributed by atoms with van der Waals surface area (Å²) in [7, 11) is 1.19. The number of aromatic nitrogens is 2. The number of carbonyl (C=O) groups excluding carboxylic acids is 3. The second-order valence-electron chi connectivity index (χ2n) is 5.03. The number of H-pyrrole nitrogens is 1. The Kier molecular flexibility index (Phi) is 4.99. The molecular weight excluding hydrogens is 344 g/mol. The molecule has 1 heterocycles. The van der Waals surface area contributed by atoms with Crippen molar-refractivity contribution < 1.29 is 23.9 Å². The van der Waals surface area contributed by atoms with Crippen LogP contribution < -0.4 is 4.74 Å². The number of hydrogen-bond donors (Lipinski definition) is 1. The highest BCUT2D eigenvalue weighted by molar-refractivity contribution is 8.04. The number of ether oxygens (including phenoxy) is 2. The molecule has 0 unspecified atom stereocenters. The number of thioether (sulfide) groups is 1. The second-order valence-corrected chi connectivity index (χ2v) is 6.16. The van der Waals surface area contributed by atoms with Crippen LogP contribution in [0.4, 0.5) is 0 Å². The zero-order valence-corrected chi connectivity index (χ0v) is 14.1. The van der Waals surface area contributed by atoms with Crippen LogP contribution in [0, 0.1) is 0 Å². The molecule has 0 amide bonds. The first kappa shape index (κ1) is 17.0. The number of aromatic amines is 1. The van der Waals surface area contributed by atoms with Crippen LogP contribution in [-0.4, -0.2) is 47.2 Å². The van der Waals surface area contributed by atoms with E-state index in [-0.39, 0.29) is 21.9 Å². The van der Waals surface area contributed by atoms with Gasteiger partial charge in [-0.1, -0.05) is 18.2 Å². The minimum Gasteiger partial charge on any atom is -0.493 e. The largest absolute Gasteiger partial charge is 0.493 e. The fraction of sp³-hybridized carbons (Fsp3) is 0.176. The van der Waals surface area contributed by atoms with Gasteiger partial charge < -0.3 is 9.47 Å². The lowest BCUT2D eigenvalue weighted by atomic mass is 9.99. The first-order chi connectivity index (χ1) is 12.1. The fourth-order valence-corrected chi connectivity index (χ4v) is 3.11. The van der Waals surface area contributed by atoms with E-state index in [0.717, 1.165) is 5.75 Å². The Bertz CT molecular complexity index is 857. The van der Waals surface area contributed by atoms with Crippen molar-refractivity contribution in [2.75, 3.05) is 19.5 Å². The van der Waals surface area contributed by atoms with Crippen LogP contribution in [0.15, 0.2) is 41.3 Å². The zero-order chi connectivity index (χ0) is 17.8. The molecule has 128 valence electrons. The quantitative estimate of drug-likeness (QED) is 0.625. The molecule has 0 fully saturated rings. The molecule has 0 aliphatic heterocycles. The maximum Gasteiger partial charge on any atom is 0.359 e. The molecule has 3 rings (SSSR count). The molecule has 0 atom stereocenters. The maximum absolute atomic E-state index is 12.6. The third-order valence-electron chi connectivity index (χ3n) is 3.46. The molecule has 0 saturated carbocycles. The number of benzene rings is 1. The number of fused-ring (bicyclic) bond motifs is 1. The normalized spacial score (nSPS) is 13.2. The summed E-state index contributed by atoms with van der Waals surface area (Å²) in [5.74, 6) is -0.386. The highest BCUT2D eigenvalue weighted by atomic mass is 32.2. The fourth-order valence-electron chi connectivity index (χ4n) is 2.30. The zero-order valence-electron chi connectivity index (χ0n) is 13.3. The Morgan fingerprint density at radius 1 is 1.24 bits per heavy atom. The van der Waals surface area contributed by atoms with E-state index in [9.17, 15) is 14.4 Å². The topological polar surface area (TPSA) is 98.3 Å². The number of para-hydroxylation sites is 1. The van der Waals surface area contributed by atoms with Gasteiger partial charge in [-0.25, -0.2) is 4.79 Å². The summed E-state index contributed by atoms with van der Waals surface area (Å²) >= 11 is 1.20. The van der Waals surface area contributed by atoms with Gasteiger partial charge >= 0.3 is 5.97 Å². The molecule has 8 heteroatoms. The number of rotatable bonds is 6. The van der Waals surface area contributed by atoms with E-state index in [1.807, 2.05) is 30.3 Å². The second kappa shape index (κ2) is 7.35. The van der Waals surface area contributed by atoms with Crippen molar-refractivity contribution in [2.45, 2.75) is 0 Å². The first-order valence-electron chi connectivity index (χ1n) is 7.40. The van der Waals surface area contributed by atoms with Crippen LogP contribution in [0.2, 0.25) is 0 Å². The van der Waals surface area contributed by atoms with Crippen molar-refractivity contribution in [2.24, 2.45) is 0 Å². The molecule has 1 aliphatic rings. The maximum atomic E-state index is 12.6. The molecule has 1 aliphatic carbocycles. The van der Waals surface area contributed by atoms with Crippen molar-refractivity contribution in [1.82, 2.24) is 10.2 Å². The van der Waals surface area contributed by atoms with Crippen molar-refractivity contribution in [3.8, 4) is 5.75 Å². The number of Topliss-reactive ketones (excluding diaryl/α,β-unsaturated/α-hetero) is 1. The monoisotopic (exact) mass is 358 g/mol. The molecular formula is C17H14N2O5S. The van der Waals surface area contributed by atoms with Crippen LogP contribution in [0.5, 0.6) is 5.75 Å². The van der Waals surface area contributed by atoms with E-state index >= 15 is 0 Å². The van der Waals surface area contributed by atoms with E-state index in [0.29, 0.717) is 12.4 Å². The number of allylic oxidation sites excluding steroid dienone is 2. The first-order valence-corrected chi connectivity index (χ1v) is 8.38. The molecule has 2 aromatic rings. The SMILES string of the molecule is COC(=O)c1n[nH]c2c1C(=O)C(SCCOc1ccccc1)=CC2=O. The number of hydrogen-bond acceptors (Lipinski definition) is 7. The lowest BCUT2D eigenvalue weighted by Gasteiger charge is -2.12. The van der Waals surface area contributed by atoms with Crippen LogP contribution >= 0.6 is 11.8 Å². The molecule has 25 heavy (non-hydrogen) atoms. The standard InChI is InChI=1S/C17H14N2O5S/c1-23-17(22)15-13-14(18-19-15)11(20)9-12(16(13)21)25-8-7-24-10-5-3-2-4-6-10/h2-6,9H,7-8H2,1H3,(H,18,19). The van der Waals surface area contributed by atoms with Gasteiger partial charge in [-0.2, -0.15) is 5.10 Å². The van der Waals surface area contributed by atoms with E-state index in [4.69, 9.17) is 4.74 Å². The summed E-state index contributed by atoms with van der Waals surface area (Å²) in [4.78, 5) is 36.7. The summed E-state index contributed by atoms with van der Waals surface area (Å²) in [5, 5.41) is 6.16. The van der Waals surface area contributed by atoms with Crippen molar-refractivity contribution in [3.63, 3.8) is 0 Å². The van der Waals surface area contributed by atoms with Crippen LogP contribution in [0.3, 0.4) is 0 Å². The van der Waals surface area contributed by atoms with Gasteiger partial charge in [-0.05, 0) is 12.1 Å². The smallest absolute Gasteiger partial charge is 0.359 e. The number of ketones is 2. The summed E-state index contributed by atoms with van der Waals surface area (Å²) in [5.41, 5.74) is -0.205. The highest BCUT2D eigenvalue weighted by Gasteiger charge is 2.34. The molecule has 0 saturated heterocycles. The van der Waals surface area contributed by atoms with Gasteiger partial charge in [0.25, 0.3) is 0 Å². The van der Waals surface area contributed by atoms with Crippen LogP contribution in [0.1, 0.15) is 31.3 Å². The minimum absolute atomic E-state index is 0.00952. The van der Waals surface area contributed by atoms with Crippen molar-refractivity contribution in [1.29, 1.82) is 0 Å². The average Bonchev–Trinajstić information content (AvgIpc) is 3.09. The lowest BCUT2D eigenvalue weighted by molar-refractivity contribution is 0.0591. The van der Waals surface area contributed by atoms with Gasteiger partial charge in [0.05, 0.1) is 24.2 Å². The number of nitrogens with zero attached hydrogens (tertiary/aromatic N) is 1. The number of nitrogens with one attached hydrogen (secondary N) is 1. The van der Waals surface area contributed by atoms with Crippen molar-refractivity contribution in [3.05, 3.63) is 58.3 Å². The van der Waals surface area contributed by atoms with Crippen molar-refractivity contribution >= 4 is 29.3 Å². The third-order valence-corrected chi connectivity index (χ3v) is 4.44. The van der Waals surface area contributed by atoms with Crippen LogP contribution in [-0.2, 0) is 4.74 Å². The van der Waals surface area contributed by atoms with E-state index in [1.54, 1.807) is 0 Å². The predicted octanol–water partition coefficient (Wildman–Crippen LogP) is 2.27. The number of carbonyl (C=O) groups is 3. The summed E-state index contributed by atoms with van der Waals surface area (Å²) in [6.07, 6.45) is 1.25. The Morgan fingerprint density at radius 3 is 2.72 bits per heavy atom. The van der Waals surface area contributed by atoms with Gasteiger partial charge in [-0.15, -0.1) is 11.8 Å². The summed E-state index contributed by atoms with van der Waals surface area (Å²) in [6.45, 7) is 0.371. The number of esters is 1. The Hall–Kier alpha value is -2.87. The molecule has 0 bridgehead atoms. The molecule has 0 radical (unpaired) electrons. The Morgan fingerprint density at radius 2 is 2.00 bits per heavy atom. The lowest BCUT2D eigenvalue weighted by Crippen LogP contribution is -2.18. The number of methoxy groups -OCH3 is 1. The highest BCUT2D eigenvalue weighted by Crippen LogP contribution is 2.29. The van der Waals surface area contributed by atoms with Gasteiger partial charge in [0, 0.05) is 11.8 Å². The average molecular weight is 358 g/mol. The molecule has 7 nitrogen and oxygen atoms in total.